The zero-order chi connectivity index (χ0) is 34.5. The molecule has 6 aromatic rings. The summed E-state index contributed by atoms with van der Waals surface area (Å²) in [5.74, 6) is 3.43. The van der Waals surface area contributed by atoms with Crippen LogP contribution in [0.25, 0.3) is 22.1 Å². The summed E-state index contributed by atoms with van der Waals surface area (Å²) in [7, 11) is 3.66. The van der Waals surface area contributed by atoms with Crippen molar-refractivity contribution in [3.8, 4) is 23.0 Å². The fraction of sp³-hybridized carbons (Fsp3) is 0.294. The standard InChI is InChI=1S/2C17H18N3O3S.Mg/c2*1-10-8-18-15(11(2)16(10)23-4)9-24(21)17-19-13-6-5-12(22-3)7-14(13)20-17;/h2*5-8H,9H2,1-4H3;/q2*-1;. The quantitative estimate of drug-likeness (QED) is 0.182. The number of ether oxygens (including phenoxy) is 4. The smallest absolute Gasteiger partial charge is 0.128 e. The molecule has 0 bridgehead atoms. The number of aromatic nitrogens is 6. The maximum Gasteiger partial charge on any atom is 0.128 e. The highest BCUT2D eigenvalue weighted by atomic mass is 32.2. The van der Waals surface area contributed by atoms with E-state index in [9.17, 15) is 8.42 Å². The lowest BCUT2D eigenvalue weighted by Gasteiger charge is -2.12. The van der Waals surface area contributed by atoms with E-state index >= 15 is 0 Å². The van der Waals surface area contributed by atoms with Crippen LogP contribution in [0.1, 0.15) is 33.6 Å². The molecule has 6 rings (SSSR count). The molecule has 0 amide bonds. The lowest BCUT2D eigenvalue weighted by molar-refractivity contribution is 0.407. The molecule has 0 aliphatic carbocycles. The Balaban J connectivity index is 0.000000216. The Morgan fingerprint density at radius 2 is 1.00 bits per heavy atom. The Labute approximate surface area is 305 Å². The molecule has 2 unspecified atom stereocenters. The summed E-state index contributed by atoms with van der Waals surface area (Å²) in [4.78, 5) is 26.2. The summed E-state index contributed by atoms with van der Waals surface area (Å²) in [5.41, 5.74) is 7.87. The van der Waals surface area contributed by atoms with Crippen molar-refractivity contribution in [2.45, 2.75) is 49.5 Å². The molecular weight excluding hydrogens is 677 g/mol. The molecule has 0 N–H and O–H groups in total. The molecule has 2 atom stereocenters. The zero-order valence-corrected chi connectivity index (χ0v) is 31.7. The topological polar surface area (TPSA) is 151 Å². The van der Waals surface area contributed by atoms with Crippen molar-refractivity contribution in [3.63, 3.8) is 0 Å². The first-order chi connectivity index (χ1) is 23.1. The van der Waals surface area contributed by atoms with Gasteiger partial charge >= 0.3 is 0 Å². The molecule has 0 spiro atoms. The third-order valence-electron chi connectivity index (χ3n) is 7.67. The number of benzene rings is 2. The second-order valence-electron chi connectivity index (χ2n) is 10.8. The molecule has 0 fully saturated rings. The number of imidazole rings is 2. The van der Waals surface area contributed by atoms with Crippen LogP contribution < -0.4 is 28.9 Å². The monoisotopic (exact) mass is 712 g/mol. The van der Waals surface area contributed by atoms with Gasteiger partial charge in [0.1, 0.15) is 23.0 Å². The van der Waals surface area contributed by atoms with Gasteiger partial charge in [-0.1, -0.05) is 12.1 Å². The van der Waals surface area contributed by atoms with Gasteiger partial charge in [0, 0.05) is 68.0 Å². The Morgan fingerprint density at radius 3 is 1.35 bits per heavy atom. The highest BCUT2D eigenvalue weighted by Gasteiger charge is 2.14. The van der Waals surface area contributed by atoms with E-state index in [2.05, 4.69) is 29.9 Å². The van der Waals surface area contributed by atoms with Crippen LogP contribution in [0.5, 0.6) is 23.0 Å². The van der Waals surface area contributed by atoms with Crippen molar-refractivity contribution in [1.29, 1.82) is 0 Å². The first kappa shape index (κ1) is 37.8. The largest absolute Gasteiger partial charge is 0.497 e. The SMILES string of the molecule is COc1ccc2[n-]c(S(=O)Cc3ncc(C)c(OC)c3C)nc2c1.COc1ccc2[n-]c(S(=O)Cc3ncc(C)c(OC)c3C)nc2c1.[Mg]. The van der Waals surface area contributed by atoms with Crippen LogP contribution in [0.4, 0.5) is 0 Å². The number of fused-ring (bicyclic) bond motifs is 2. The number of hydrogen-bond donors (Lipinski definition) is 0. The molecule has 4 aromatic heterocycles. The number of nitrogens with zero attached hydrogens (tertiary/aromatic N) is 6. The van der Waals surface area contributed by atoms with Gasteiger partial charge in [0.2, 0.25) is 0 Å². The van der Waals surface area contributed by atoms with E-state index in [0.717, 1.165) is 45.1 Å². The van der Waals surface area contributed by atoms with Crippen LogP contribution in [0, 0.1) is 27.7 Å². The predicted molar refractivity (Wildman–Crippen MR) is 190 cm³/mol. The molecule has 15 heteroatoms. The van der Waals surface area contributed by atoms with Crippen molar-refractivity contribution < 1.29 is 27.4 Å². The van der Waals surface area contributed by atoms with E-state index in [1.54, 1.807) is 77.2 Å². The minimum Gasteiger partial charge on any atom is -0.497 e. The van der Waals surface area contributed by atoms with E-state index in [1.807, 2.05) is 27.7 Å². The van der Waals surface area contributed by atoms with Crippen molar-refractivity contribution in [2.24, 2.45) is 0 Å². The summed E-state index contributed by atoms with van der Waals surface area (Å²) >= 11 is 0. The lowest BCUT2D eigenvalue weighted by atomic mass is 10.1. The van der Waals surface area contributed by atoms with Crippen LogP contribution in [0.2, 0.25) is 0 Å². The Morgan fingerprint density at radius 1 is 0.612 bits per heavy atom. The van der Waals surface area contributed by atoms with Gasteiger partial charge in [0.15, 0.2) is 0 Å². The lowest BCUT2D eigenvalue weighted by Crippen LogP contribution is -2.05. The van der Waals surface area contributed by atoms with Gasteiger partial charge in [-0.15, -0.1) is 0 Å². The van der Waals surface area contributed by atoms with Crippen LogP contribution in [-0.2, 0) is 33.1 Å². The highest BCUT2D eigenvalue weighted by molar-refractivity contribution is 7.84. The van der Waals surface area contributed by atoms with E-state index in [-0.39, 0.29) is 34.6 Å². The molecule has 0 saturated heterocycles. The molecule has 0 aliphatic rings. The number of hydrogen-bond acceptors (Lipinski definition) is 10. The average molecular weight is 713 g/mol. The first-order valence-corrected chi connectivity index (χ1v) is 17.4. The summed E-state index contributed by atoms with van der Waals surface area (Å²) < 4.78 is 46.4. The molecule has 0 aliphatic heterocycles. The number of aryl methyl sites for hydroxylation is 2. The Kier molecular flexibility index (Phi) is 12.8. The zero-order valence-electron chi connectivity index (χ0n) is 28.7. The van der Waals surface area contributed by atoms with Crippen molar-refractivity contribution in [2.75, 3.05) is 28.4 Å². The molecule has 4 heterocycles. The average Bonchev–Trinajstić information content (AvgIpc) is 3.72. The van der Waals surface area contributed by atoms with Gasteiger partial charge in [-0.25, -0.2) is 0 Å². The predicted octanol–water partition coefficient (Wildman–Crippen LogP) is 4.68. The second kappa shape index (κ2) is 16.6. The van der Waals surface area contributed by atoms with E-state index in [0.29, 0.717) is 43.9 Å². The minimum absolute atomic E-state index is 0. The molecule has 49 heavy (non-hydrogen) atoms. The van der Waals surface area contributed by atoms with Crippen LogP contribution in [-0.4, -0.2) is 79.8 Å². The van der Waals surface area contributed by atoms with Crippen molar-refractivity contribution in [3.05, 3.63) is 82.4 Å². The molecule has 2 radical (unpaired) electrons. The number of rotatable bonds is 10. The van der Waals surface area contributed by atoms with Crippen LogP contribution in [0.3, 0.4) is 0 Å². The fourth-order valence-corrected chi connectivity index (χ4v) is 7.24. The maximum atomic E-state index is 12.6. The normalized spacial score (nSPS) is 12.1. The van der Waals surface area contributed by atoms with Gasteiger partial charge in [0.25, 0.3) is 0 Å². The van der Waals surface area contributed by atoms with E-state index < -0.39 is 21.6 Å². The van der Waals surface area contributed by atoms with E-state index in [1.165, 1.54) is 0 Å². The third-order valence-corrected chi connectivity index (χ3v) is 9.92. The van der Waals surface area contributed by atoms with Crippen LogP contribution >= 0.6 is 0 Å². The van der Waals surface area contributed by atoms with E-state index in [4.69, 9.17) is 18.9 Å². The van der Waals surface area contributed by atoms with Gasteiger partial charge in [-0.05, 0) is 74.0 Å². The van der Waals surface area contributed by atoms with Crippen molar-refractivity contribution in [1.82, 2.24) is 29.9 Å². The molecule has 0 saturated carbocycles. The third kappa shape index (κ3) is 8.40. The summed E-state index contributed by atoms with van der Waals surface area (Å²) in [6, 6.07) is 10.8. The summed E-state index contributed by atoms with van der Waals surface area (Å²) in [6.45, 7) is 7.69. The maximum absolute atomic E-state index is 12.6. The minimum atomic E-state index is -1.38. The van der Waals surface area contributed by atoms with Gasteiger partial charge < -0.3 is 38.9 Å². The van der Waals surface area contributed by atoms with Gasteiger partial charge in [0.05, 0.1) is 72.9 Å². The Bertz CT molecular complexity index is 2000. The molecular formula is C34H36MgN6O6S2-2. The van der Waals surface area contributed by atoms with Crippen LogP contribution in [0.15, 0.2) is 59.1 Å². The van der Waals surface area contributed by atoms with Crippen molar-refractivity contribution >= 4 is 66.7 Å². The highest BCUT2D eigenvalue weighted by Crippen LogP contribution is 2.27. The van der Waals surface area contributed by atoms with Gasteiger partial charge in [-0.2, -0.15) is 0 Å². The first-order valence-electron chi connectivity index (χ1n) is 14.8. The summed E-state index contributed by atoms with van der Waals surface area (Å²) in [5, 5.41) is 0.609. The fourth-order valence-electron chi connectivity index (χ4n) is 5.11. The molecule has 12 nitrogen and oxygen atoms in total. The summed E-state index contributed by atoms with van der Waals surface area (Å²) in [6.07, 6.45) is 3.46. The number of pyridine rings is 2. The van der Waals surface area contributed by atoms with Gasteiger partial charge in [-0.3, -0.25) is 18.4 Å². The molecule has 2 aromatic carbocycles. The Hall–Kier alpha value is -4.05. The second-order valence-corrected chi connectivity index (χ2v) is 13.5. The number of methoxy groups -OCH3 is 4. The molecule has 254 valence electrons.